The summed E-state index contributed by atoms with van der Waals surface area (Å²) >= 11 is 12.6. The zero-order valence-electron chi connectivity index (χ0n) is 22.5. The number of halogens is 2. The van der Waals surface area contributed by atoms with E-state index in [9.17, 15) is 14.4 Å². The molecule has 2 N–H and O–H groups in total. The number of hydrogen-bond acceptors (Lipinski definition) is 8. The average molecular weight is 598 g/mol. The summed E-state index contributed by atoms with van der Waals surface area (Å²) in [5, 5.41) is 16.9. The van der Waals surface area contributed by atoms with Crippen molar-refractivity contribution in [3.05, 3.63) is 87.6 Å². The van der Waals surface area contributed by atoms with Crippen LogP contribution in [0.4, 0.5) is 10.5 Å². The highest BCUT2D eigenvalue weighted by Gasteiger charge is 2.24. The second-order valence-corrected chi connectivity index (χ2v) is 9.74. The van der Waals surface area contributed by atoms with Crippen LogP contribution in [0.25, 0.3) is 11.4 Å². The fourth-order valence-corrected chi connectivity index (χ4v) is 4.24. The van der Waals surface area contributed by atoms with E-state index in [2.05, 4.69) is 42.5 Å². The van der Waals surface area contributed by atoms with Crippen LogP contribution in [0.1, 0.15) is 44.7 Å². The highest BCUT2D eigenvalue weighted by atomic mass is 35.5. The van der Waals surface area contributed by atoms with Crippen LogP contribution in [0.2, 0.25) is 10.0 Å². The van der Waals surface area contributed by atoms with Crippen molar-refractivity contribution < 1.29 is 19.1 Å². The highest BCUT2D eigenvalue weighted by Crippen LogP contribution is 2.27. The summed E-state index contributed by atoms with van der Waals surface area (Å²) in [6.45, 7) is 7.54. The molecule has 3 amide bonds. The number of carbonyl (C=O) groups excluding carboxylic acids is 3. The minimum atomic E-state index is -0.797. The first kappa shape index (κ1) is 29.2. The van der Waals surface area contributed by atoms with Crippen LogP contribution in [-0.4, -0.2) is 66.8 Å². The van der Waals surface area contributed by atoms with Crippen molar-refractivity contribution in [1.82, 2.24) is 40.2 Å². The van der Waals surface area contributed by atoms with E-state index in [1.807, 2.05) is 6.92 Å². The molecule has 41 heavy (non-hydrogen) atoms. The van der Waals surface area contributed by atoms with Gasteiger partial charge in [-0.2, -0.15) is 5.10 Å². The standard InChI is InChI=1S/C26H25Cl2N9O4/c1-14(2)20-13-36(34-31-20)12-17-11-21(37(32-17)23-19(28)7-6-8-29-23)25(39)30-22-15(3)9-16(27)10-18(22)24(38)33-35(4)26(40)41-5/h6-11,13H,1,12H2,2-5H3,(H,30,39)(H,33,38). The van der Waals surface area contributed by atoms with Crippen LogP contribution in [0.3, 0.4) is 0 Å². The first-order valence-corrected chi connectivity index (χ1v) is 12.7. The molecule has 0 radical (unpaired) electrons. The molecule has 3 aromatic heterocycles. The van der Waals surface area contributed by atoms with Gasteiger partial charge in [-0.1, -0.05) is 35.0 Å². The molecule has 0 aliphatic heterocycles. The van der Waals surface area contributed by atoms with Crippen molar-refractivity contribution in [1.29, 1.82) is 0 Å². The van der Waals surface area contributed by atoms with Crippen LogP contribution in [0.15, 0.2) is 49.3 Å². The lowest BCUT2D eigenvalue weighted by atomic mass is 10.1. The molecule has 0 aliphatic carbocycles. The van der Waals surface area contributed by atoms with Crippen LogP contribution in [-0.2, 0) is 11.3 Å². The van der Waals surface area contributed by atoms with E-state index >= 15 is 0 Å². The van der Waals surface area contributed by atoms with Gasteiger partial charge in [-0.25, -0.2) is 24.2 Å². The molecule has 0 saturated carbocycles. The van der Waals surface area contributed by atoms with Gasteiger partial charge >= 0.3 is 6.09 Å². The largest absolute Gasteiger partial charge is 0.452 e. The van der Waals surface area contributed by atoms with Crippen LogP contribution in [0.5, 0.6) is 0 Å². The summed E-state index contributed by atoms with van der Waals surface area (Å²) in [7, 11) is 2.48. The first-order chi connectivity index (χ1) is 19.5. The summed E-state index contributed by atoms with van der Waals surface area (Å²) in [6.07, 6.45) is 2.43. The van der Waals surface area contributed by atoms with Crippen molar-refractivity contribution in [2.24, 2.45) is 0 Å². The van der Waals surface area contributed by atoms with Crippen molar-refractivity contribution in [3.8, 4) is 5.82 Å². The molecule has 0 spiro atoms. The molecule has 4 aromatic rings. The van der Waals surface area contributed by atoms with Gasteiger partial charge in [-0.05, 0) is 55.3 Å². The average Bonchev–Trinajstić information content (AvgIpc) is 3.57. The molecule has 0 atom stereocenters. The minimum Gasteiger partial charge on any atom is -0.452 e. The number of carbonyl (C=O) groups is 3. The predicted octanol–water partition coefficient (Wildman–Crippen LogP) is 4.15. The Morgan fingerprint density at radius 1 is 1.17 bits per heavy atom. The van der Waals surface area contributed by atoms with E-state index < -0.39 is 17.9 Å². The quantitative estimate of drug-likeness (QED) is 0.302. The van der Waals surface area contributed by atoms with Gasteiger partial charge in [0.25, 0.3) is 11.8 Å². The number of methoxy groups -OCH3 is 1. The summed E-state index contributed by atoms with van der Waals surface area (Å²) in [5.41, 5.74) is 4.96. The highest BCUT2D eigenvalue weighted by molar-refractivity contribution is 6.32. The Balaban J connectivity index is 1.72. The Kier molecular flexibility index (Phi) is 8.69. The molecule has 3 heterocycles. The monoisotopic (exact) mass is 597 g/mol. The van der Waals surface area contributed by atoms with E-state index in [-0.39, 0.29) is 39.4 Å². The molecule has 0 unspecified atom stereocenters. The van der Waals surface area contributed by atoms with E-state index in [1.54, 1.807) is 42.1 Å². The maximum atomic E-state index is 13.7. The molecule has 4 rings (SSSR count). The van der Waals surface area contributed by atoms with Crippen LogP contribution >= 0.6 is 23.2 Å². The SMILES string of the molecule is C=C(C)c1cn(Cc2cc(C(=O)Nc3c(C)cc(Cl)cc3C(=O)NN(C)C(=O)OC)n(-c3ncccc3Cl)n2)nn1. The number of amides is 3. The molecule has 13 nitrogen and oxygen atoms in total. The van der Waals surface area contributed by atoms with Crippen LogP contribution < -0.4 is 10.7 Å². The Hall–Kier alpha value is -4.75. The minimum absolute atomic E-state index is 0.0104. The molecular weight excluding hydrogens is 573 g/mol. The van der Waals surface area contributed by atoms with Crippen molar-refractivity contribution in [2.75, 3.05) is 19.5 Å². The fourth-order valence-electron chi connectivity index (χ4n) is 3.76. The third kappa shape index (κ3) is 6.53. The Morgan fingerprint density at radius 2 is 1.93 bits per heavy atom. The number of rotatable bonds is 7. The number of aromatic nitrogens is 6. The van der Waals surface area contributed by atoms with Crippen LogP contribution in [0, 0.1) is 6.92 Å². The number of nitrogens with one attached hydrogen (secondary N) is 2. The number of nitrogens with zero attached hydrogens (tertiary/aromatic N) is 7. The number of hydrogen-bond donors (Lipinski definition) is 2. The lowest BCUT2D eigenvalue weighted by Crippen LogP contribution is -2.43. The van der Waals surface area contributed by atoms with Gasteiger partial charge in [-0.15, -0.1) is 5.10 Å². The van der Waals surface area contributed by atoms with Crippen molar-refractivity contribution >= 4 is 52.4 Å². The zero-order valence-corrected chi connectivity index (χ0v) is 24.0. The van der Waals surface area contributed by atoms with Gasteiger partial charge in [0.15, 0.2) is 5.82 Å². The molecular formula is C26H25Cl2N9O4. The number of ether oxygens (including phenoxy) is 1. The Morgan fingerprint density at radius 3 is 2.59 bits per heavy atom. The second kappa shape index (κ2) is 12.2. The summed E-state index contributed by atoms with van der Waals surface area (Å²) in [4.78, 5) is 42.9. The van der Waals surface area contributed by atoms with Crippen molar-refractivity contribution in [3.63, 3.8) is 0 Å². The normalized spacial score (nSPS) is 10.7. The topological polar surface area (TPSA) is 149 Å². The number of hydrazine groups is 1. The number of benzene rings is 1. The van der Waals surface area contributed by atoms with Gasteiger partial charge in [-0.3, -0.25) is 15.0 Å². The van der Waals surface area contributed by atoms with E-state index in [0.717, 1.165) is 10.6 Å². The predicted molar refractivity (Wildman–Crippen MR) is 152 cm³/mol. The molecule has 15 heteroatoms. The lowest BCUT2D eigenvalue weighted by Gasteiger charge is -2.19. The summed E-state index contributed by atoms with van der Waals surface area (Å²) in [6, 6.07) is 7.77. The number of anilines is 1. The molecule has 1 aromatic carbocycles. The molecule has 0 fully saturated rings. The van der Waals surface area contributed by atoms with E-state index in [1.165, 1.54) is 31.1 Å². The summed E-state index contributed by atoms with van der Waals surface area (Å²) < 4.78 is 7.47. The van der Waals surface area contributed by atoms with E-state index in [0.29, 0.717) is 17.0 Å². The number of allylic oxidation sites excluding steroid dienone is 1. The zero-order chi connectivity index (χ0) is 29.8. The van der Waals surface area contributed by atoms with E-state index in [4.69, 9.17) is 23.2 Å². The lowest BCUT2D eigenvalue weighted by molar-refractivity contribution is 0.0767. The molecule has 0 aliphatic rings. The Bertz CT molecular complexity index is 1660. The van der Waals surface area contributed by atoms with Gasteiger partial charge in [0.05, 0.1) is 41.8 Å². The second-order valence-electron chi connectivity index (χ2n) is 8.89. The Labute approximate surface area is 244 Å². The summed E-state index contributed by atoms with van der Waals surface area (Å²) in [5.74, 6) is -1.11. The van der Waals surface area contributed by atoms with Gasteiger partial charge in [0, 0.05) is 18.3 Å². The third-order valence-electron chi connectivity index (χ3n) is 5.73. The van der Waals surface area contributed by atoms with Crippen molar-refractivity contribution in [2.45, 2.75) is 20.4 Å². The number of pyridine rings is 1. The fraction of sp³-hybridized carbons (Fsp3) is 0.192. The van der Waals surface area contributed by atoms with Gasteiger partial charge < -0.3 is 10.1 Å². The molecule has 212 valence electrons. The van der Waals surface area contributed by atoms with Gasteiger partial charge in [0.2, 0.25) is 0 Å². The van der Waals surface area contributed by atoms with Gasteiger partial charge in [0.1, 0.15) is 11.4 Å². The molecule has 0 saturated heterocycles. The third-order valence-corrected chi connectivity index (χ3v) is 6.25. The molecule has 0 bridgehead atoms. The smallest absolute Gasteiger partial charge is 0.428 e. The maximum Gasteiger partial charge on any atom is 0.428 e. The number of aryl methyl sites for hydroxylation is 1. The maximum absolute atomic E-state index is 13.7. The first-order valence-electron chi connectivity index (χ1n) is 12.0.